The molecule has 1 aliphatic rings. The normalized spacial score (nSPS) is 16.8. The third-order valence-electron chi connectivity index (χ3n) is 4.17. The Labute approximate surface area is 157 Å². The van der Waals surface area contributed by atoms with Gasteiger partial charge in [0.05, 0.1) is 24.8 Å². The van der Waals surface area contributed by atoms with Crippen LogP contribution in [0.15, 0.2) is 46.3 Å². The van der Waals surface area contributed by atoms with Crippen LogP contribution in [0.2, 0.25) is 0 Å². The average molecular weight is 368 g/mol. The molecule has 1 saturated heterocycles. The molecule has 6 heteroatoms. The molecule has 0 saturated carbocycles. The van der Waals surface area contributed by atoms with Crippen molar-refractivity contribution in [2.75, 3.05) is 14.2 Å². The number of ether oxygens (including phenoxy) is 2. The van der Waals surface area contributed by atoms with Crippen LogP contribution < -0.4 is 14.8 Å². The van der Waals surface area contributed by atoms with Gasteiger partial charge in [0, 0.05) is 5.56 Å². The summed E-state index contributed by atoms with van der Waals surface area (Å²) in [5.41, 5.74) is 3.89. The van der Waals surface area contributed by atoms with Gasteiger partial charge in [0.1, 0.15) is 0 Å². The lowest BCUT2D eigenvalue weighted by atomic mass is 10.1. The Bertz CT molecular complexity index is 919. The number of amides is 1. The van der Waals surface area contributed by atoms with Crippen LogP contribution in [0, 0.1) is 13.8 Å². The molecule has 0 aliphatic carbocycles. The van der Waals surface area contributed by atoms with E-state index in [4.69, 9.17) is 9.47 Å². The number of carbonyl (C=O) groups is 1. The Balaban J connectivity index is 1.92. The summed E-state index contributed by atoms with van der Waals surface area (Å²) in [6.45, 7) is 4.06. The molecule has 0 bridgehead atoms. The summed E-state index contributed by atoms with van der Waals surface area (Å²) in [4.78, 5) is 17.5. The molecule has 3 rings (SSSR count). The van der Waals surface area contributed by atoms with Crippen molar-refractivity contribution in [1.29, 1.82) is 0 Å². The Hall–Kier alpha value is -2.73. The van der Waals surface area contributed by atoms with E-state index in [9.17, 15) is 4.79 Å². The van der Waals surface area contributed by atoms with E-state index in [-0.39, 0.29) is 5.91 Å². The van der Waals surface area contributed by atoms with E-state index < -0.39 is 0 Å². The first-order valence-corrected chi connectivity index (χ1v) is 8.92. The minimum absolute atomic E-state index is 0.177. The van der Waals surface area contributed by atoms with Crippen molar-refractivity contribution >= 4 is 34.6 Å². The highest BCUT2D eigenvalue weighted by Gasteiger charge is 2.24. The maximum absolute atomic E-state index is 12.3. The predicted octanol–water partition coefficient (Wildman–Crippen LogP) is 4.21. The molecule has 2 aromatic rings. The van der Waals surface area contributed by atoms with Crippen molar-refractivity contribution in [1.82, 2.24) is 5.32 Å². The summed E-state index contributed by atoms with van der Waals surface area (Å²) in [6.07, 6.45) is 1.78. The molecule has 0 spiro atoms. The van der Waals surface area contributed by atoms with Crippen LogP contribution in [0.25, 0.3) is 6.08 Å². The van der Waals surface area contributed by atoms with E-state index in [1.54, 1.807) is 20.3 Å². The zero-order valence-corrected chi connectivity index (χ0v) is 15.9. The minimum atomic E-state index is -0.177. The van der Waals surface area contributed by atoms with Crippen molar-refractivity contribution < 1.29 is 14.3 Å². The smallest absolute Gasteiger partial charge is 0.264 e. The maximum atomic E-state index is 12.3. The lowest BCUT2D eigenvalue weighted by Crippen LogP contribution is -2.19. The van der Waals surface area contributed by atoms with Crippen molar-refractivity contribution in [3.05, 3.63) is 58.0 Å². The molecule has 2 aromatic carbocycles. The van der Waals surface area contributed by atoms with E-state index in [1.165, 1.54) is 11.8 Å². The highest BCUT2D eigenvalue weighted by Crippen LogP contribution is 2.35. The third-order valence-corrected chi connectivity index (χ3v) is 5.08. The van der Waals surface area contributed by atoms with Crippen molar-refractivity contribution in [2.45, 2.75) is 13.8 Å². The van der Waals surface area contributed by atoms with Gasteiger partial charge in [-0.15, -0.1) is 0 Å². The standard InChI is InChI=1S/C20H20N2O3S/c1-12-7-5-9-15(13(12)2)21-20-22-19(23)17(26-20)11-14-8-6-10-16(24-3)18(14)25-4/h5-11H,1-4H3,(H,21,22,23). The Morgan fingerprint density at radius 1 is 1.08 bits per heavy atom. The first kappa shape index (κ1) is 18.1. The van der Waals surface area contributed by atoms with Gasteiger partial charge in [-0.3, -0.25) is 4.79 Å². The molecule has 1 amide bonds. The van der Waals surface area contributed by atoms with Crippen molar-refractivity contribution in [3.8, 4) is 11.5 Å². The molecule has 0 aromatic heterocycles. The van der Waals surface area contributed by atoms with Crippen molar-refractivity contribution in [2.24, 2.45) is 4.99 Å². The van der Waals surface area contributed by atoms with Gasteiger partial charge in [-0.1, -0.05) is 24.3 Å². The quantitative estimate of drug-likeness (QED) is 0.821. The number of aliphatic imine (C=N–C) groups is 1. The van der Waals surface area contributed by atoms with Crippen LogP contribution in [0.4, 0.5) is 5.69 Å². The molecule has 0 unspecified atom stereocenters. The van der Waals surface area contributed by atoms with E-state index >= 15 is 0 Å². The molecule has 1 N–H and O–H groups in total. The number of hydrogen-bond donors (Lipinski definition) is 1. The lowest BCUT2D eigenvalue weighted by Gasteiger charge is -2.10. The Morgan fingerprint density at radius 3 is 2.58 bits per heavy atom. The summed E-state index contributed by atoms with van der Waals surface area (Å²) in [7, 11) is 3.16. The van der Waals surface area contributed by atoms with Gasteiger partial charge in [0.25, 0.3) is 5.91 Å². The van der Waals surface area contributed by atoms with Gasteiger partial charge in [0.2, 0.25) is 0 Å². The van der Waals surface area contributed by atoms with Crippen LogP contribution in [-0.2, 0) is 4.79 Å². The fourth-order valence-electron chi connectivity index (χ4n) is 2.61. The molecular formula is C20H20N2O3S. The van der Waals surface area contributed by atoms with Crippen LogP contribution in [-0.4, -0.2) is 25.3 Å². The predicted molar refractivity (Wildman–Crippen MR) is 106 cm³/mol. The number of nitrogens with zero attached hydrogens (tertiary/aromatic N) is 1. The zero-order chi connectivity index (χ0) is 18.7. The number of para-hydroxylation sites is 1. The number of hydrogen-bond acceptors (Lipinski definition) is 5. The SMILES string of the molecule is COc1cccc(C=C2SC(=Nc3cccc(C)c3C)NC2=O)c1OC. The number of thioether (sulfide) groups is 1. The molecule has 1 heterocycles. The molecule has 1 fully saturated rings. The highest BCUT2D eigenvalue weighted by atomic mass is 32.2. The summed E-state index contributed by atoms with van der Waals surface area (Å²) in [6, 6.07) is 11.5. The fraction of sp³-hybridized carbons (Fsp3) is 0.200. The first-order valence-electron chi connectivity index (χ1n) is 8.10. The number of carbonyl (C=O) groups excluding carboxylic acids is 1. The number of rotatable bonds is 4. The second-order valence-corrected chi connectivity index (χ2v) is 6.81. The van der Waals surface area contributed by atoms with Crippen LogP contribution in [0.3, 0.4) is 0 Å². The minimum Gasteiger partial charge on any atom is -0.493 e. The van der Waals surface area contributed by atoms with Gasteiger partial charge in [-0.25, -0.2) is 4.99 Å². The number of amidine groups is 1. The largest absolute Gasteiger partial charge is 0.493 e. The van der Waals surface area contributed by atoms with Gasteiger partial charge in [-0.2, -0.15) is 0 Å². The molecule has 1 aliphatic heterocycles. The van der Waals surface area contributed by atoms with E-state index in [0.29, 0.717) is 21.6 Å². The van der Waals surface area contributed by atoms with E-state index in [2.05, 4.69) is 10.3 Å². The Kier molecular flexibility index (Phi) is 5.32. The monoisotopic (exact) mass is 368 g/mol. The van der Waals surface area contributed by atoms with Crippen molar-refractivity contribution in [3.63, 3.8) is 0 Å². The summed E-state index contributed by atoms with van der Waals surface area (Å²) < 4.78 is 10.7. The van der Waals surface area contributed by atoms with Gasteiger partial charge >= 0.3 is 0 Å². The van der Waals surface area contributed by atoms with E-state index in [1.807, 2.05) is 50.2 Å². The summed E-state index contributed by atoms with van der Waals surface area (Å²) in [5, 5.41) is 3.39. The Morgan fingerprint density at radius 2 is 1.85 bits per heavy atom. The van der Waals surface area contributed by atoms with Crippen LogP contribution in [0.1, 0.15) is 16.7 Å². The molecule has 5 nitrogen and oxygen atoms in total. The molecule has 0 radical (unpaired) electrons. The number of benzene rings is 2. The van der Waals surface area contributed by atoms with Gasteiger partial charge in [0.15, 0.2) is 16.7 Å². The zero-order valence-electron chi connectivity index (χ0n) is 15.1. The topological polar surface area (TPSA) is 59.9 Å². The lowest BCUT2D eigenvalue weighted by molar-refractivity contribution is -0.115. The van der Waals surface area contributed by atoms with E-state index in [0.717, 1.165) is 22.4 Å². The van der Waals surface area contributed by atoms with Gasteiger partial charge < -0.3 is 14.8 Å². The average Bonchev–Trinajstić information content (AvgIpc) is 2.97. The fourth-order valence-corrected chi connectivity index (χ4v) is 3.44. The molecule has 0 atom stereocenters. The second kappa shape index (κ2) is 7.66. The second-order valence-electron chi connectivity index (χ2n) is 5.78. The molecular weight excluding hydrogens is 348 g/mol. The summed E-state index contributed by atoms with van der Waals surface area (Å²) in [5.74, 6) is 1.04. The number of methoxy groups -OCH3 is 2. The van der Waals surface area contributed by atoms with Crippen LogP contribution >= 0.6 is 11.8 Å². The molecule has 134 valence electrons. The van der Waals surface area contributed by atoms with Gasteiger partial charge in [-0.05, 0) is 54.9 Å². The maximum Gasteiger partial charge on any atom is 0.264 e. The molecule has 26 heavy (non-hydrogen) atoms. The number of aryl methyl sites for hydroxylation is 1. The first-order chi connectivity index (χ1) is 12.5. The van der Waals surface area contributed by atoms with Crippen LogP contribution in [0.5, 0.6) is 11.5 Å². The third kappa shape index (κ3) is 3.60. The summed E-state index contributed by atoms with van der Waals surface area (Å²) >= 11 is 1.31. The number of nitrogens with one attached hydrogen (secondary N) is 1. The highest BCUT2D eigenvalue weighted by molar-refractivity contribution is 8.18.